The van der Waals surface area contributed by atoms with Gasteiger partial charge in [0.25, 0.3) is 0 Å². The van der Waals surface area contributed by atoms with Crippen molar-refractivity contribution in [1.29, 1.82) is 0 Å². The van der Waals surface area contributed by atoms with E-state index in [2.05, 4.69) is 32.2 Å². The molecule has 2 heterocycles. The van der Waals surface area contributed by atoms with Crippen LogP contribution in [0.4, 0.5) is 17.2 Å². The summed E-state index contributed by atoms with van der Waals surface area (Å²) in [6, 6.07) is 11.7. The third kappa shape index (κ3) is 3.13. The lowest BCUT2D eigenvalue weighted by Crippen LogP contribution is -2.15. The molecule has 1 aliphatic rings. The van der Waals surface area contributed by atoms with E-state index in [1.807, 2.05) is 30.3 Å². The van der Waals surface area contributed by atoms with Crippen LogP contribution in [0.3, 0.4) is 0 Å². The van der Waals surface area contributed by atoms with Crippen LogP contribution in [0.5, 0.6) is 0 Å². The maximum atomic E-state index is 11.9. The van der Waals surface area contributed by atoms with Gasteiger partial charge in [-0.15, -0.1) is 6.42 Å². The Morgan fingerprint density at radius 2 is 2.15 bits per heavy atom. The zero-order valence-electron chi connectivity index (χ0n) is 14.9. The number of rotatable bonds is 3. The van der Waals surface area contributed by atoms with Crippen molar-refractivity contribution in [2.24, 2.45) is 0 Å². The molecule has 1 aromatic heterocycles. The average Bonchev–Trinajstić information content (AvgIpc) is 3.10. The van der Waals surface area contributed by atoms with Crippen molar-refractivity contribution in [2.75, 3.05) is 16.8 Å². The van der Waals surface area contributed by atoms with Gasteiger partial charge in [0.2, 0.25) is 5.91 Å². The number of allylic oxidation sites excluding steroid dienone is 1. The van der Waals surface area contributed by atoms with Gasteiger partial charge in [-0.2, -0.15) is 0 Å². The Hall–Kier alpha value is -3.65. The van der Waals surface area contributed by atoms with Crippen LogP contribution >= 0.6 is 0 Å². The Bertz CT molecular complexity index is 1110. The number of benzene rings is 2. The number of hydrogen-bond donors (Lipinski definition) is 1. The third-order valence-electron chi connectivity index (χ3n) is 4.60. The number of terminal acetylenes is 1. The van der Waals surface area contributed by atoms with Gasteiger partial charge < -0.3 is 10.2 Å². The minimum Gasteiger partial charge on any atom is -0.325 e. The summed E-state index contributed by atoms with van der Waals surface area (Å²) in [5.74, 6) is 3.34. The fourth-order valence-corrected chi connectivity index (χ4v) is 3.36. The predicted octanol–water partition coefficient (Wildman–Crippen LogP) is 3.82. The van der Waals surface area contributed by atoms with Crippen molar-refractivity contribution in [3.05, 3.63) is 66.0 Å². The van der Waals surface area contributed by atoms with Gasteiger partial charge in [0.05, 0.1) is 5.52 Å². The fourth-order valence-electron chi connectivity index (χ4n) is 3.36. The van der Waals surface area contributed by atoms with E-state index in [0.717, 1.165) is 40.9 Å². The maximum absolute atomic E-state index is 11.9. The van der Waals surface area contributed by atoms with Crippen LogP contribution in [0.2, 0.25) is 0 Å². The number of anilines is 3. The van der Waals surface area contributed by atoms with Crippen molar-refractivity contribution in [1.82, 2.24) is 9.97 Å². The Kier molecular flexibility index (Phi) is 4.31. The lowest BCUT2D eigenvalue weighted by atomic mass is 10.1. The number of carbonyl (C=O) groups excluding carboxylic acids is 1. The Morgan fingerprint density at radius 1 is 1.26 bits per heavy atom. The number of fused-ring (bicyclic) bond motifs is 2. The lowest BCUT2D eigenvalue weighted by Gasteiger charge is -2.20. The molecule has 0 bridgehead atoms. The largest absolute Gasteiger partial charge is 0.325 e. The zero-order valence-corrected chi connectivity index (χ0v) is 14.9. The van der Waals surface area contributed by atoms with E-state index >= 15 is 0 Å². The molecule has 0 fully saturated rings. The highest BCUT2D eigenvalue weighted by Gasteiger charge is 2.23. The molecule has 0 spiro atoms. The quantitative estimate of drug-likeness (QED) is 0.574. The normalized spacial score (nSPS) is 13.0. The van der Waals surface area contributed by atoms with Crippen LogP contribution in [0.15, 0.2) is 54.9 Å². The van der Waals surface area contributed by atoms with E-state index in [-0.39, 0.29) is 5.91 Å². The Morgan fingerprint density at radius 3 is 2.96 bits per heavy atom. The van der Waals surface area contributed by atoms with Gasteiger partial charge in [-0.3, -0.25) is 4.79 Å². The lowest BCUT2D eigenvalue weighted by molar-refractivity contribution is -0.111. The van der Waals surface area contributed by atoms with Gasteiger partial charge in [-0.25, -0.2) is 9.97 Å². The van der Waals surface area contributed by atoms with Crippen molar-refractivity contribution in [3.8, 4) is 12.3 Å². The van der Waals surface area contributed by atoms with Crippen LogP contribution in [-0.2, 0) is 11.2 Å². The van der Waals surface area contributed by atoms with Crippen molar-refractivity contribution >= 4 is 34.0 Å². The molecule has 0 saturated carbocycles. The van der Waals surface area contributed by atoms with E-state index in [1.165, 1.54) is 11.6 Å². The molecule has 132 valence electrons. The summed E-state index contributed by atoms with van der Waals surface area (Å²) in [5, 5.41) is 3.75. The molecule has 0 unspecified atom stereocenters. The van der Waals surface area contributed by atoms with Gasteiger partial charge in [-0.1, -0.05) is 18.1 Å². The molecule has 0 aliphatic carbocycles. The second kappa shape index (κ2) is 6.93. The van der Waals surface area contributed by atoms with Gasteiger partial charge in [0, 0.05) is 28.9 Å². The Balaban J connectivity index is 1.79. The number of nitrogens with zero attached hydrogens (tertiary/aromatic N) is 3. The number of nitrogens with one attached hydrogen (secondary N) is 1. The molecule has 1 amide bonds. The van der Waals surface area contributed by atoms with Crippen LogP contribution < -0.4 is 10.2 Å². The highest BCUT2D eigenvalue weighted by atomic mass is 16.1. The van der Waals surface area contributed by atoms with E-state index in [1.54, 1.807) is 19.3 Å². The molecule has 2 aromatic carbocycles. The number of amides is 1. The number of aromatic nitrogens is 2. The molecular formula is C22H18N4O. The Labute approximate surface area is 157 Å². The topological polar surface area (TPSA) is 58.1 Å². The molecule has 1 N–H and O–H groups in total. The first-order valence-electron chi connectivity index (χ1n) is 8.75. The van der Waals surface area contributed by atoms with E-state index in [9.17, 15) is 4.79 Å². The summed E-state index contributed by atoms with van der Waals surface area (Å²) < 4.78 is 0. The summed E-state index contributed by atoms with van der Waals surface area (Å²) >= 11 is 0. The van der Waals surface area contributed by atoms with Crippen LogP contribution in [0, 0.1) is 12.3 Å². The summed E-state index contributed by atoms with van der Waals surface area (Å²) in [6.45, 7) is 2.63. The van der Waals surface area contributed by atoms with Crippen LogP contribution in [-0.4, -0.2) is 22.4 Å². The molecule has 5 nitrogen and oxygen atoms in total. The molecule has 0 radical (unpaired) electrons. The minimum absolute atomic E-state index is 0.166. The van der Waals surface area contributed by atoms with Crippen LogP contribution in [0.25, 0.3) is 10.9 Å². The van der Waals surface area contributed by atoms with Crippen molar-refractivity contribution in [3.63, 3.8) is 0 Å². The molecule has 0 saturated heterocycles. The molecule has 27 heavy (non-hydrogen) atoms. The first kappa shape index (κ1) is 16.8. The molecule has 5 heteroatoms. The monoisotopic (exact) mass is 354 g/mol. The van der Waals surface area contributed by atoms with Gasteiger partial charge >= 0.3 is 0 Å². The summed E-state index contributed by atoms with van der Waals surface area (Å²) in [7, 11) is 0. The third-order valence-corrected chi connectivity index (χ3v) is 4.60. The predicted molar refractivity (Wildman–Crippen MR) is 108 cm³/mol. The molecule has 1 aliphatic heterocycles. The van der Waals surface area contributed by atoms with Gasteiger partial charge in [0.1, 0.15) is 12.1 Å². The second-order valence-corrected chi connectivity index (χ2v) is 6.31. The zero-order chi connectivity index (χ0) is 18.8. The highest BCUT2D eigenvalue weighted by molar-refractivity contribution is 6.02. The molecule has 4 rings (SSSR count). The first-order chi connectivity index (χ1) is 13.2. The fraction of sp³-hybridized carbons (Fsp3) is 0.136. The standard InChI is InChI=1S/C22H18N4O/c1-3-5-21(27)25-17-8-9-19-18(13-17)22(24-14-23-19)26-11-10-16-7-6-15(4-2)12-20(16)26/h2-3,5-9,12-14H,10-11H2,1H3,(H,25,27). The van der Waals surface area contributed by atoms with Gasteiger partial charge in [0.15, 0.2) is 0 Å². The van der Waals surface area contributed by atoms with Crippen molar-refractivity contribution < 1.29 is 4.79 Å². The SMILES string of the molecule is C#Cc1ccc2c(c1)N(c1ncnc3ccc(NC(=O)C=CC)cc13)CC2. The van der Waals surface area contributed by atoms with E-state index in [0.29, 0.717) is 5.69 Å². The van der Waals surface area contributed by atoms with Gasteiger partial charge in [-0.05, 0) is 55.3 Å². The summed E-state index contributed by atoms with van der Waals surface area (Å²) in [6.07, 6.45) is 11.3. The van der Waals surface area contributed by atoms with E-state index in [4.69, 9.17) is 6.42 Å². The summed E-state index contributed by atoms with van der Waals surface area (Å²) in [4.78, 5) is 22.9. The first-order valence-corrected chi connectivity index (χ1v) is 8.75. The molecule has 3 aromatic rings. The maximum Gasteiger partial charge on any atom is 0.248 e. The average molecular weight is 354 g/mol. The van der Waals surface area contributed by atoms with Crippen molar-refractivity contribution in [2.45, 2.75) is 13.3 Å². The number of carbonyl (C=O) groups is 1. The highest BCUT2D eigenvalue weighted by Crippen LogP contribution is 2.37. The number of hydrogen-bond acceptors (Lipinski definition) is 4. The molecular weight excluding hydrogens is 336 g/mol. The minimum atomic E-state index is -0.166. The molecule has 0 atom stereocenters. The smallest absolute Gasteiger partial charge is 0.248 e. The summed E-state index contributed by atoms with van der Waals surface area (Å²) in [5.41, 5.74) is 4.70. The van der Waals surface area contributed by atoms with E-state index < -0.39 is 0 Å². The second-order valence-electron chi connectivity index (χ2n) is 6.31. The van der Waals surface area contributed by atoms with Crippen LogP contribution in [0.1, 0.15) is 18.1 Å².